The molecule has 4 aromatic rings. The molecule has 0 radical (unpaired) electrons. The Balaban J connectivity index is 1.05. The van der Waals surface area contributed by atoms with Gasteiger partial charge in [0.1, 0.15) is 17.5 Å². The Morgan fingerprint density at radius 1 is 1.02 bits per heavy atom. The molecule has 1 fully saturated rings. The summed E-state index contributed by atoms with van der Waals surface area (Å²) in [6.45, 7) is 3.25. The van der Waals surface area contributed by atoms with Crippen LogP contribution in [0.3, 0.4) is 0 Å². The van der Waals surface area contributed by atoms with Crippen molar-refractivity contribution in [1.82, 2.24) is 14.5 Å². The highest BCUT2D eigenvalue weighted by Crippen LogP contribution is 2.32. The number of imidazole rings is 1. The van der Waals surface area contributed by atoms with Crippen LogP contribution in [-0.4, -0.2) is 42.1 Å². The Bertz CT molecular complexity index is 1850. The van der Waals surface area contributed by atoms with Crippen molar-refractivity contribution < 1.29 is 13.2 Å². The number of anilines is 2. The SMILES string of the molecule is CCN(CC1CCc2cc(NS(=O)(=O)c3ccc(-n4cc(CCCCC5CCCC5)[nH]c4=O)cc3)ccc2O1)c1ccc[nH]c1=O. The zero-order valence-corrected chi connectivity index (χ0v) is 27.2. The second kappa shape index (κ2) is 14.0. The molecule has 1 unspecified atom stereocenters. The van der Waals surface area contributed by atoms with Gasteiger partial charge < -0.3 is 19.6 Å². The molecule has 3 N–H and O–H groups in total. The van der Waals surface area contributed by atoms with Crippen molar-refractivity contribution >= 4 is 21.4 Å². The van der Waals surface area contributed by atoms with Gasteiger partial charge in [0.2, 0.25) is 0 Å². The minimum Gasteiger partial charge on any atom is -0.488 e. The molecule has 2 aromatic heterocycles. The lowest BCUT2D eigenvalue weighted by Gasteiger charge is -2.31. The summed E-state index contributed by atoms with van der Waals surface area (Å²) in [4.78, 5) is 32.7. The molecule has 0 saturated heterocycles. The van der Waals surface area contributed by atoms with Crippen molar-refractivity contribution in [3.8, 4) is 11.4 Å². The first-order valence-corrected chi connectivity index (χ1v) is 17.9. The molecule has 0 spiro atoms. The highest BCUT2D eigenvalue weighted by Gasteiger charge is 2.24. The van der Waals surface area contributed by atoms with E-state index in [2.05, 4.69) is 14.7 Å². The van der Waals surface area contributed by atoms with E-state index in [4.69, 9.17) is 4.74 Å². The van der Waals surface area contributed by atoms with Gasteiger partial charge in [-0.25, -0.2) is 13.2 Å². The van der Waals surface area contributed by atoms with E-state index < -0.39 is 10.0 Å². The largest absolute Gasteiger partial charge is 0.488 e. The fourth-order valence-corrected chi connectivity index (χ4v) is 7.80. The summed E-state index contributed by atoms with van der Waals surface area (Å²) in [5.41, 5.74) is 3.14. The van der Waals surface area contributed by atoms with Gasteiger partial charge in [0.05, 0.1) is 17.1 Å². The first-order chi connectivity index (χ1) is 22.3. The van der Waals surface area contributed by atoms with Crippen LogP contribution in [0.25, 0.3) is 5.69 Å². The molecular weight excluding hydrogens is 602 g/mol. The number of hydrogen-bond donors (Lipinski definition) is 3. The predicted molar refractivity (Wildman–Crippen MR) is 181 cm³/mol. The Hall–Kier alpha value is -4.25. The van der Waals surface area contributed by atoms with Crippen molar-refractivity contribution in [3.05, 3.63) is 99.1 Å². The summed E-state index contributed by atoms with van der Waals surface area (Å²) in [5, 5.41) is 0. The highest BCUT2D eigenvalue weighted by molar-refractivity contribution is 7.92. The maximum absolute atomic E-state index is 13.2. The van der Waals surface area contributed by atoms with Crippen LogP contribution >= 0.6 is 0 Å². The van der Waals surface area contributed by atoms with Gasteiger partial charge >= 0.3 is 5.69 Å². The molecule has 1 atom stereocenters. The minimum atomic E-state index is -3.86. The lowest BCUT2D eigenvalue weighted by Crippen LogP contribution is -2.39. The van der Waals surface area contributed by atoms with Crippen LogP contribution in [0.1, 0.15) is 69.5 Å². The number of aromatic amines is 2. The molecule has 0 bridgehead atoms. The van der Waals surface area contributed by atoms with Crippen LogP contribution in [0.2, 0.25) is 0 Å². The number of fused-ring (bicyclic) bond motifs is 1. The summed E-state index contributed by atoms with van der Waals surface area (Å²) >= 11 is 0. The molecule has 46 heavy (non-hydrogen) atoms. The maximum atomic E-state index is 13.2. The second-order valence-electron chi connectivity index (χ2n) is 12.5. The molecule has 1 saturated carbocycles. The Kier molecular flexibility index (Phi) is 9.67. The number of hydrogen-bond acceptors (Lipinski definition) is 6. The number of aryl methyl sites for hydroxylation is 2. The van der Waals surface area contributed by atoms with Gasteiger partial charge in [-0.15, -0.1) is 0 Å². The number of likely N-dealkylation sites (N-methyl/N-ethyl adjacent to an activating group) is 1. The molecule has 10 nitrogen and oxygen atoms in total. The Labute approximate surface area is 269 Å². The Morgan fingerprint density at radius 3 is 2.59 bits per heavy atom. The van der Waals surface area contributed by atoms with Gasteiger partial charge in [-0.2, -0.15) is 0 Å². The van der Waals surface area contributed by atoms with E-state index >= 15 is 0 Å². The predicted octanol–water partition coefficient (Wildman–Crippen LogP) is 5.78. The van der Waals surface area contributed by atoms with Crippen molar-refractivity contribution in [3.63, 3.8) is 0 Å². The number of ether oxygens (including phenoxy) is 1. The van der Waals surface area contributed by atoms with E-state index in [1.165, 1.54) is 55.2 Å². The van der Waals surface area contributed by atoms with Crippen molar-refractivity contribution in [1.29, 1.82) is 0 Å². The van der Waals surface area contributed by atoms with Crippen LogP contribution in [0.15, 0.2) is 81.5 Å². The third kappa shape index (κ3) is 7.41. The van der Waals surface area contributed by atoms with Gasteiger partial charge in [0, 0.05) is 30.3 Å². The van der Waals surface area contributed by atoms with Crippen LogP contribution < -0.4 is 25.6 Å². The van der Waals surface area contributed by atoms with E-state index in [0.717, 1.165) is 42.9 Å². The number of nitrogens with zero attached hydrogens (tertiary/aromatic N) is 2. The first-order valence-electron chi connectivity index (χ1n) is 16.4. The van der Waals surface area contributed by atoms with Crippen LogP contribution in [0.5, 0.6) is 5.75 Å². The molecule has 0 amide bonds. The molecule has 11 heteroatoms. The third-order valence-corrected chi connectivity index (χ3v) is 10.7. The number of benzene rings is 2. The van der Waals surface area contributed by atoms with Crippen LogP contribution in [0.4, 0.5) is 11.4 Å². The number of H-pyrrole nitrogens is 2. The van der Waals surface area contributed by atoms with Gasteiger partial charge in [0.15, 0.2) is 0 Å². The van der Waals surface area contributed by atoms with E-state index in [-0.39, 0.29) is 22.2 Å². The summed E-state index contributed by atoms with van der Waals surface area (Å²) in [6, 6.07) is 15.2. The normalized spacial score (nSPS) is 16.6. The molecule has 3 heterocycles. The summed E-state index contributed by atoms with van der Waals surface area (Å²) < 4.78 is 37.0. The van der Waals surface area contributed by atoms with Gasteiger partial charge in [0.25, 0.3) is 15.6 Å². The number of unbranched alkanes of at least 4 members (excludes halogenated alkanes) is 1. The fraction of sp³-hybridized carbons (Fsp3) is 0.429. The standard InChI is InChI=1S/C35H43N5O5S/c1-2-39(32-12-7-21-36-34(32)41)24-30-17-13-26-22-27(14-20-33(26)45-30)38-46(43,44)31-18-15-29(16-19-31)40-23-28(37-35(40)42)11-6-5-10-25-8-3-4-9-25/h7,12,14-16,18-23,25,30,38H,2-6,8-11,13,17,24H2,1H3,(H,36,41)(H,37,42). The second-order valence-corrected chi connectivity index (χ2v) is 14.2. The number of pyridine rings is 1. The number of sulfonamides is 1. The van der Waals surface area contributed by atoms with Crippen molar-refractivity contribution in [2.24, 2.45) is 5.92 Å². The summed E-state index contributed by atoms with van der Waals surface area (Å²) in [7, 11) is -3.86. The monoisotopic (exact) mass is 645 g/mol. The molecule has 6 rings (SSSR count). The zero-order chi connectivity index (χ0) is 32.1. The number of nitrogens with one attached hydrogen (secondary N) is 3. The van der Waals surface area contributed by atoms with Gasteiger partial charge in [-0.3, -0.25) is 14.1 Å². The summed E-state index contributed by atoms with van der Waals surface area (Å²) in [5.74, 6) is 1.59. The molecule has 1 aliphatic carbocycles. The van der Waals surface area contributed by atoms with Gasteiger partial charge in [-0.1, -0.05) is 38.5 Å². The first kappa shape index (κ1) is 31.7. The smallest absolute Gasteiger partial charge is 0.330 e. The molecule has 1 aliphatic heterocycles. The van der Waals surface area contributed by atoms with E-state index in [1.54, 1.807) is 36.5 Å². The molecule has 2 aromatic carbocycles. The van der Waals surface area contributed by atoms with Crippen molar-refractivity contribution in [2.75, 3.05) is 22.7 Å². The number of aromatic nitrogens is 3. The average molecular weight is 646 g/mol. The van der Waals surface area contributed by atoms with E-state index in [0.29, 0.717) is 35.9 Å². The number of rotatable bonds is 13. The van der Waals surface area contributed by atoms with Crippen LogP contribution in [0, 0.1) is 5.92 Å². The third-order valence-electron chi connectivity index (χ3n) is 9.27. The lowest BCUT2D eigenvalue weighted by atomic mass is 10.00. The van der Waals surface area contributed by atoms with Gasteiger partial charge in [-0.05, 0) is 98.7 Å². The molecular formula is C35H43N5O5S. The highest BCUT2D eigenvalue weighted by atomic mass is 32.2. The Morgan fingerprint density at radius 2 is 1.83 bits per heavy atom. The maximum Gasteiger partial charge on any atom is 0.330 e. The minimum absolute atomic E-state index is 0.0988. The summed E-state index contributed by atoms with van der Waals surface area (Å²) in [6.07, 6.45) is 14.6. The van der Waals surface area contributed by atoms with Crippen LogP contribution in [-0.2, 0) is 22.9 Å². The molecule has 244 valence electrons. The van der Waals surface area contributed by atoms with E-state index in [1.807, 2.05) is 30.2 Å². The van der Waals surface area contributed by atoms with Crippen molar-refractivity contribution in [2.45, 2.75) is 82.1 Å². The molecule has 2 aliphatic rings. The lowest BCUT2D eigenvalue weighted by molar-refractivity contribution is 0.178. The fourth-order valence-electron chi connectivity index (χ4n) is 6.75. The zero-order valence-electron chi connectivity index (χ0n) is 26.3. The van der Waals surface area contributed by atoms with E-state index in [9.17, 15) is 18.0 Å². The quantitative estimate of drug-likeness (QED) is 0.158. The topological polar surface area (TPSA) is 129 Å². The average Bonchev–Trinajstić information content (AvgIpc) is 3.72.